The van der Waals surface area contributed by atoms with Gasteiger partial charge in [0.1, 0.15) is 0 Å². The van der Waals surface area contributed by atoms with Crippen LogP contribution in [-0.2, 0) is 17.8 Å². The number of carbonyl (C=O) groups excluding carboxylic acids is 1. The topological polar surface area (TPSA) is 32.3 Å². The summed E-state index contributed by atoms with van der Waals surface area (Å²) in [4.78, 5) is 14.2. The summed E-state index contributed by atoms with van der Waals surface area (Å²) >= 11 is 0. The molecule has 21 heavy (non-hydrogen) atoms. The van der Waals surface area contributed by atoms with Crippen molar-refractivity contribution in [3.05, 3.63) is 65.2 Å². The molecule has 0 aliphatic carbocycles. The molecule has 0 aromatic heterocycles. The maximum atomic E-state index is 12.3. The molecule has 1 aliphatic rings. The van der Waals surface area contributed by atoms with Gasteiger partial charge in [0.25, 0.3) is 0 Å². The van der Waals surface area contributed by atoms with Gasteiger partial charge in [-0.15, -0.1) is 0 Å². The van der Waals surface area contributed by atoms with Crippen molar-refractivity contribution in [2.75, 3.05) is 18.0 Å². The number of para-hydroxylation sites is 1. The lowest BCUT2D eigenvalue weighted by Crippen LogP contribution is -2.36. The number of aryl methyl sites for hydroxylation is 1. The molecule has 2 aromatic carbocycles. The van der Waals surface area contributed by atoms with E-state index in [0.717, 1.165) is 25.2 Å². The molecule has 3 heteroatoms. The first kappa shape index (κ1) is 13.8. The summed E-state index contributed by atoms with van der Waals surface area (Å²) in [5.74, 6) is 0.145. The summed E-state index contributed by atoms with van der Waals surface area (Å²) in [5.41, 5.74) is 4.79. The van der Waals surface area contributed by atoms with Crippen LogP contribution >= 0.6 is 0 Å². The minimum atomic E-state index is 0.145. The van der Waals surface area contributed by atoms with Crippen LogP contribution in [0.1, 0.15) is 16.7 Å². The summed E-state index contributed by atoms with van der Waals surface area (Å²) in [6.07, 6.45) is 0.958. The van der Waals surface area contributed by atoms with Gasteiger partial charge in [-0.2, -0.15) is 0 Å². The second kappa shape index (κ2) is 6.10. The Morgan fingerprint density at radius 1 is 1.14 bits per heavy atom. The Kier molecular flexibility index (Phi) is 4.02. The summed E-state index contributed by atoms with van der Waals surface area (Å²) < 4.78 is 0. The molecule has 0 saturated carbocycles. The second-order valence-corrected chi connectivity index (χ2v) is 5.51. The minimum absolute atomic E-state index is 0.145. The Morgan fingerprint density at radius 3 is 2.71 bits per heavy atom. The van der Waals surface area contributed by atoms with Crippen molar-refractivity contribution >= 4 is 11.6 Å². The largest absolute Gasteiger partial charge is 0.311 e. The maximum absolute atomic E-state index is 12.3. The zero-order valence-electron chi connectivity index (χ0n) is 12.3. The molecule has 0 unspecified atom stereocenters. The molecule has 1 amide bonds. The SMILES string of the molecule is Cc1ccc(CNCC(=O)N2CCc3ccccc32)cc1. The van der Waals surface area contributed by atoms with Crippen molar-refractivity contribution in [2.24, 2.45) is 0 Å². The number of nitrogens with zero attached hydrogens (tertiary/aromatic N) is 1. The lowest BCUT2D eigenvalue weighted by Gasteiger charge is -2.17. The zero-order valence-corrected chi connectivity index (χ0v) is 12.3. The predicted molar refractivity (Wildman–Crippen MR) is 85.4 cm³/mol. The first-order valence-corrected chi connectivity index (χ1v) is 7.38. The molecule has 0 atom stereocenters. The van der Waals surface area contributed by atoms with Gasteiger partial charge in [-0.05, 0) is 30.5 Å². The van der Waals surface area contributed by atoms with Crippen molar-refractivity contribution in [2.45, 2.75) is 19.9 Å². The number of nitrogens with one attached hydrogen (secondary N) is 1. The molecule has 0 radical (unpaired) electrons. The fourth-order valence-corrected chi connectivity index (χ4v) is 2.71. The number of anilines is 1. The molecule has 0 fully saturated rings. The van der Waals surface area contributed by atoms with Crippen molar-refractivity contribution in [3.63, 3.8) is 0 Å². The van der Waals surface area contributed by atoms with Crippen LogP contribution in [0.2, 0.25) is 0 Å². The van der Waals surface area contributed by atoms with Gasteiger partial charge in [-0.1, -0.05) is 48.0 Å². The van der Waals surface area contributed by atoms with Crippen LogP contribution in [0.4, 0.5) is 5.69 Å². The van der Waals surface area contributed by atoms with Gasteiger partial charge < -0.3 is 10.2 Å². The summed E-state index contributed by atoms with van der Waals surface area (Å²) in [6, 6.07) is 16.5. The highest BCUT2D eigenvalue weighted by Gasteiger charge is 2.23. The number of fused-ring (bicyclic) bond motifs is 1. The maximum Gasteiger partial charge on any atom is 0.240 e. The quantitative estimate of drug-likeness (QED) is 0.934. The van der Waals surface area contributed by atoms with Gasteiger partial charge >= 0.3 is 0 Å². The molecule has 0 saturated heterocycles. The fourth-order valence-electron chi connectivity index (χ4n) is 2.71. The third kappa shape index (κ3) is 3.14. The lowest BCUT2D eigenvalue weighted by molar-refractivity contribution is -0.117. The normalized spacial score (nSPS) is 13.3. The molecular weight excluding hydrogens is 260 g/mol. The average molecular weight is 280 g/mol. The Morgan fingerprint density at radius 2 is 1.90 bits per heavy atom. The molecule has 2 aromatic rings. The Labute approximate surface area is 125 Å². The zero-order chi connectivity index (χ0) is 14.7. The highest BCUT2D eigenvalue weighted by atomic mass is 16.2. The molecule has 1 heterocycles. The van der Waals surface area contributed by atoms with E-state index in [0.29, 0.717) is 6.54 Å². The summed E-state index contributed by atoms with van der Waals surface area (Å²) in [7, 11) is 0. The van der Waals surface area contributed by atoms with Gasteiger partial charge in [0.15, 0.2) is 0 Å². The molecule has 3 rings (SSSR count). The first-order valence-electron chi connectivity index (χ1n) is 7.38. The molecular formula is C18H20N2O. The predicted octanol–water partition coefficient (Wildman–Crippen LogP) is 2.67. The van der Waals surface area contributed by atoms with E-state index in [-0.39, 0.29) is 5.91 Å². The summed E-state index contributed by atoms with van der Waals surface area (Å²) in [5, 5.41) is 3.24. The van der Waals surface area contributed by atoms with Gasteiger partial charge in [-0.25, -0.2) is 0 Å². The highest BCUT2D eigenvalue weighted by Crippen LogP contribution is 2.27. The van der Waals surface area contributed by atoms with E-state index in [2.05, 4.69) is 42.6 Å². The van der Waals surface area contributed by atoms with Crippen LogP contribution in [0.15, 0.2) is 48.5 Å². The number of hydrogen-bond donors (Lipinski definition) is 1. The molecule has 108 valence electrons. The Balaban J connectivity index is 1.54. The first-order chi connectivity index (χ1) is 10.2. The van der Waals surface area contributed by atoms with E-state index in [1.54, 1.807) is 0 Å². The Hall–Kier alpha value is -2.13. The van der Waals surface area contributed by atoms with Crippen LogP contribution in [0.3, 0.4) is 0 Å². The van der Waals surface area contributed by atoms with E-state index in [9.17, 15) is 4.79 Å². The number of carbonyl (C=O) groups is 1. The second-order valence-electron chi connectivity index (χ2n) is 5.51. The van der Waals surface area contributed by atoms with Gasteiger partial charge in [0, 0.05) is 18.8 Å². The van der Waals surface area contributed by atoms with Crippen LogP contribution in [0, 0.1) is 6.92 Å². The van der Waals surface area contributed by atoms with Gasteiger partial charge in [-0.3, -0.25) is 4.79 Å². The van der Waals surface area contributed by atoms with E-state index in [1.165, 1.54) is 16.7 Å². The number of rotatable bonds is 4. The van der Waals surface area contributed by atoms with Gasteiger partial charge in [0.05, 0.1) is 6.54 Å². The molecule has 0 bridgehead atoms. The third-order valence-electron chi connectivity index (χ3n) is 3.91. The Bertz CT molecular complexity index is 634. The van der Waals surface area contributed by atoms with E-state index in [4.69, 9.17) is 0 Å². The average Bonchev–Trinajstić information content (AvgIpc) is 2.93. The number of hydrogen-bond acceptors (Lipinski definition) is 2. The van der Waals surface area contributed by atoms with Gasteiger partial charge in [0.2, 0.25) is 5.91 Å². The molecule has 1 aliphatic heterocycles. The van der Waals surface area contributed by atoms with Crippen molar-refractivity contribution in [1.29, 1.82) is 0 Å². The smallest absolute Gasteiger partial charge is 0.240 e. The van der Waals surface area contributed by atoms with Crippen LogP contribution in [0.5, 0.6) is 0 Å². The number of amides is 1. The fraction of sp³-hybridized carbons (Fsp3) is 0.278. The lowest BCUT2D eigenvalue weighted by atomic mass is 10.1. The van der Waals surface area contributed by atoms with Crippen LogP contribution in [0.25, 0.3) is 0 Å². The summed E-state index contributed by atoms with van der Waals surface area (Å²) in [6.45, 7) is 3.97. The monoisotopic (exact) mass is 280 g/mol. The van der Waals surface area contributed by atoms with E-state index in [1.807, 2.05) is 23.1 Å². The molecule has 0 spiro atoms. The number of benzene rings is 2. The van der Waals surface area contributed by atoms with E-state index >= 15 is 0 Å². The standard InChI is InChI=1S/C18H20N2O/c1-14-6-8-15(9-7-14)12-19-13-18(21)20-11-10-16-4-2-3-5-17(16)20/h2-9,19H,10-13H2,1H3. The van der Waals surface area contributed by atoms with Crippen LogP contribution < -0.4 is 10.2 Å². The molecule has 3 nitrogen and oxygen atoms in total. The van der Waals surface area contributed by atoms with Crippen molar-refractivity contribution < 1.29 is 4.79 Å². The third-order valence-corrected chi connectivity index (χ3v) is 3.91. The van der Waals surface area contributed by atoms with Crippen molar-refractivity contribution in [1.82, 2.24) is 5.32 Å². The van der Waals surface area contributed by atoms with Crippen molar-refractivity contribution in [3.8, 4) is 0 Å². The van der Waals surface area contributed by atoms with Crippen LogP contribution in [-0.4, -0.2) is 19.0 Å². The molecule has 1 N–H and O–H groups in total. The highest BCUT2D eigenvalue weighted by molar-refractivity contribution is 5.96. The van der Waals surface area contributed by atoms with E-state index < -0.39 is 0 Å². The minimum Gasteiger partial charge on any atom is -0.311 e.